The number of fused-ring (bicyclic) bond motifs is 1. The molecule has 32 heavy (non-hydrogen) atoms. The molecular weight excluding hydrogens is 412 g/mol. The van der Waals surface area contributed by atoms with Crippen molar-refractivity contribution in [1.82, 2.24) is 4.90 Å². The Balaban J connectivity index is 1.34. The van der Waals surface area contributed by atoms with E-state index >= 15 is 0 Å². The van der Waals surface area contributed by atoms with Crippen molar-refractivity contribution in [1.29, 1.82) is 0 Å². The van der Waals surface area contributed by atoms with Gasteiger partial charge in [0, 0.05) is 19.6 Å². The van der Waals surface area contributed by atoms with Gasteiger partial charge in [-0.05, 0) is 74.5 Å². The minimum atomic E-state index is -2.38. The zero-order valence-electron chi connectivity index (χ0n) is 19.7. The number of hydrogen-bond donors (Lipinski definition) is 2. The van der Waals surface area contributed by atoms with Crippen molar-refractivity contribution in [2.45, 2.75) is 90.0 Å². The standard InChI is InChI=1S/C26H41F2NO3/c1-17(13-29-14-22(15-29)32-16-25(27)28)23-7-8-24-19(4-3-9-26(23,24)2)6-5-18-10-20(30)12-21(31)11-18/h5-6,17,20-25,30-31H,3-4,7-16H2,1-2H3/t17?,20-,21-,23-,24+,26-/m1/s1. The molecule has 0 bridgehead atoms. The molecule has 1 heterocycles. The molecular formula is C26H41F2NO3. The average Bonchev–Trinajstić information content (AvgIpc) is 3.04. The van der Waals surface area contributed by atoms with E-state index in [0.717, 1.165) is 26.1 Å². The van der Waals surface area contributed by atoms with Gasteiger partial charge in [-0.1, -0.05) is 37.1 Å². The molecule has 4 nitrogen and oxygen atoms in total. The van der Waals surface area contributed by atoms with Crippen molar-refractivity contribution in [3.05, 3.63) is 23.3 Å². The Bertz CT molecular complexity index is 693. The number of nitrogens with zero attached hydrogens (tertiary/aromatic N) is 1. The van der Waals surface area contributed by atoms with Crippen LogP contribution in [0.1, 0.15) is 65.2 Å². The molecule has 0 aromatic heterocycles. The fourth-order valence-electron chi connectivity index (χ4n) is 7.26. The third-order valence-corrected chi connectivity index (χ3v) is 8.73. The number of likely N-dealkylation sites (tertiary alicyclic amines) is 1. The smallest absolute Gasteiger partial charge is 0.261 e. The van der Waals surface area contributed by atoms with Gasteiger partial charge >= 0.3 is 0 Å². The second kappa shape index (κ2) is 10.2. The number of alkyl halides is 2. The Morgan fingerprint density at radius 1 is 1.16 bits per heavy atom. The van der Waals surface area contributed by atoms with Crippen molar-refractivity contribution >= 4 is 0 Å². The van der Waals surface area contributed by atoms with Crippen LogP contribution in [0.5, 0.6) is 0 Å². The normalized spacial score (nSPS) is 38.7. The van der Waals surface area contributed by atoms with Gasteiger partial charge in [0.1, 0.15) is 6.61 Å². The van der Waals surface area contributed by atoms with E-state index in [1.54, 1.807) is 5.57 Å². The summed E-state index contributed by atoms with van der Waals surface area (Å²) in [6.07, 6.45) is 9.26. The Morgan fingerprint density at radius 3 is 2.56 bits per heavy atom. The van der Waals surface area contributed by atoms with Gasteiger partial charge in [-0.2, -0.15) is 0 Å². The molecule has 4 fully saturated rings. The molecule has 1 unspecified atom stereocenters. The predicted molar refractivity (Wildman–Crippen MR) is 122 cm³/mol. The third-order valence-electron chi connectivity index (χ3n) is 8.73. The SMILES string of the molecule is CC(CN1CC(OCC(F)F)C1)[C@H]1CC[C@H]2C(=CC=C3C[C@@H](O)C[C@H](O)C3)CCC[C@]12C. The van der Waals surface area contributed by atoms with E-state index in [-0.39, 0.29) is 6.10 Å². The first-order valence-corrected chi connectivity index (χ1v) is 12.6. The molecule has 1 aliphatic heterocycles. The van der Waals surface area contributed by atoms with Gasteiger partial charge in [0.05, 0.1) is 18.3 Å². The lowest BCUT2D eigenvalue weighted by Gasteiger charge is -2.47. The molecule has 0 aromatic carbocycles. The molecule has 182 valence electrons. The molecule has 0 amide bonds. The molecule has 4 aliphatic rings. The second-order valence-corrected chi connectivity index (χ2v) is 11.2. The summed E-state index contributed by atoms with van der Waals surface area (Å²) in [4.78, 5) is 2.36. The summed E-state index contributed by atoms with van der Waals surface area (Å²) in [5.41, 5.74) is 3.05. The molecule has 2 N–H and O–H groups in total. The lowest BCUT2D eigenvalue weighted by atomic mass is 9.61. The Kier molecular flexibility index (Phi) is 7.75. The van der Waals surface area contributed by atoms with Crippen LogP contribution in [0.2, 0.25) is 0 Å². The molecule has 0 aromatic rings. The van der Waals surface area contributed by atoms with E-state index in [9.17, 15) is 19.0 Å². The van der Waals surface area contributed by atoms with Crippen LogP contribution in [-0.4, -0.2) is 66.1 Å². The van der Waals surface area contributed by atoms with E-state index in [2.05, 4.69) is 30.9 Å². The first-order valence-electron chi connectivity index (χ1n) is 12.6. The van der Waals surface area contributed by atoms with E-state index < -0.39 is 25.2 Å². The third kappa shape index (κ3) is 5.45. The van der Waals surface area contributed by atoms with Crippen molar-refractivity contribution in [2.24, 2.45) is 23.2 Å². The largest absolute Gasteiger partial charge is 0.393 e. The number of hydrogen-bond acceptors (Lipinski definition) is 4. The van der Waals surface area contributed by atoms with Crippen molar-refractivity contribution in [3.8, 4) is 0 Å². The quantitative estimate of drug-likeness (QED) is 0.593. The van der Waals surface area contributed by atoms with Crippen LogP contribution in [0.4, 0.5) is 8.78 Å². The lowest BCUT2D eigenvalue weighted by Crippen LogP contribution is -2.54. The zero-order chi connectivity index (χ0) is 22.9. The summed E-state index contributed by atoms with van der Waals surface area (Å²) in [6, 6.07) is 0. The molecule has 0 spiro atoms. The van der Waals surface area contributed by atoms with E-state index in [4.69, 9.17) is 4.74 Å². The predicted octanol–water partition coefficient (Wildman–Crippen LogP) is 4.56. The summed E-state index contributed by atoms with van der Waals surface area (Å²) in [5, 5.41) is 19.9. The van der Waals surface area contributed by atoms with Crippen molar-refractivity contribution in [2.75, 3.05) is 26.2 Å². The maximum atomic E-state index is 12.3. The summed E-state index contributed by atoms with van der Waals surface area (Å²) in [6.45, 7) is 7.00. The summed E-state index contributed by atoms with van der Waals surface area (Å²) in [5.74, 6) is 1.89. The van der Waals surface area contributed by atoms with Crippen LogP contribution in [0.25, 0.3) is 0 Å². The second-order valence-electron chi connectivity index (χ2n) is 11.2. The monoisotopic (exact) mass is 453 g/mol. The topological polar surface area (TPSA) is 52.9 Å². The Morgan fingerprint density at radius 2 is 1.88 bits per heavy atom. The number of aliphatic hydroxyl groups excluding tert-OH is 2. The highest BCUT2D eigenvalue weighted by atomic mass is 19.3. The first-order chi connectivity index (χ1) is 15.2. The van der Waals surface area contributed by atoms with Gasteiger partial charge in [-0.15, -0.1) is 0 Å². The van der Waals surface area contributed by atoms with Gasteiger partial charge in [-0.25, -0.2) is 8.78 Å². The molecule has 0 radical (unpaired) electrons. The first kappa shape index (κ1) is 24.3. The number of allylic oxidation sites excluding steroid dienone is 3. The van der Waals surface area contributed by atoms with Crippen LogP contribution in [-0.2, 0) is 4.74 Å². The Labute approximate surface area is 191 Å². The van der Waals surface area contributed by atoms with Gasteiger partial charge in [-0.3, -0.25) is 4.90 Å². The van der Waals surface area contributed by atoms with E-state index in [0.29, 0.717) is 42.4 Å². The van der Waals surface area contributed by atoms with Crippen LogP contribution < -0.4 is 0 Å². The zero-order valence-corrected chi connectivity index (χ0v) is 19.7. The van der Waals surface area contributed by atoms with Crippen LogP contribution in [0.15, 0.2) is 23.3 Å². The van der Waals surface area contributed by atoms with E-state index in [1.165, 1.54) is 31.3 Å². The van der Waals surface area contributed by atoms with Gasteiger partial charge in [0.25, 0.3) is 6.43 Å². The number of halogens is 2. The van der Waals surface area contributed by atoms with E-state index in [1.807, 2.05) is 0 Å². The van der Waals surface area contributed by atoms with Crippen molar-refractivity contribution < 1.29 is 23.7 Å². The van der Waals surface area contributed by atoms with Gasteiger partial charge < -0.3 is 14.9 Å². The maximum Gasteiger partial charge on any atom is 0.261 e. The average molecular weight is 454 g/mol. The molecule has 6 atom stereocenters. The fraction of sp³-hybridized carbons (Fsp3) is 0.846. The molecule has 4 rings (SSSR count). The fourth-order valence-corrected chi connectivity index (χ4v) is 7.26. The lowest BCUT2D eigenvalue weighted by molar-refractivity contribution is -0.0942. The van der Waals surface area contributed by atoms with Crippen LogP contribution >= 0.6 is 0 Å². The van der Waals surface area contributed by atoms with Gasteiger partial charge in [0.15, 0.2) is 0 Å². The molecule has 3 aliphatic carbocycles. The Hall–Kier alpha value is -0.820. The minimum absolute atomic E-state index is 0.0304. The van der Waals surface area contributed by atoms with Crippen LogP contribution in [0, 0.1) is 23.2 Å². The summed E-state index contributed by atoms with van der Waals surface area (Å²) < 4.78 is 29.9. The molecule has 1 saturated heterocycles. The summed E-state index contributed by atoms with van der Waals surface area (Å²) in [7, 11) is 0. The highest BCUT2D eigenvalue weighted by molar-refractivity contribution is 5.26. The molecule has 3 saturated carbocycles. The number of ether oxygens (including phenoxy) is 1. The summed E-state index contributed by atoms with van der Waals surface area (Å²) >= 11 is 0. The highest BCUT2D eigenvalue weighted by Gasteiger charge is 2.51. The van der Waals surface area contributed by atoms with Crippen molar-refractivity contribution in [3.63, 3.8) is 0 Å². The number of rotatable bonds is 7. The maximum absolute atomic E-state index is 12.3. The van der Waals surface area contributed by atoms with Crippen LogP contribution in [0.3, 0.4) is 0 Å². The highest BCUT2D eigenvalue weighted by Crippen LogP contribution is 2.59. The molecule has 6 heteroatoms. The van der Waals surface area contributed by atoms with Gasteiger partial charge in [0.2, 0.25) is 0 Å². The minimum Gasteiger partial charge on any atom is -0.393 e. The number of aliphatic hydroxyl groups is 2.